The number of benzene rings is 5. The van der Waals surface area contributed by atoms with Gasteiger partial charge in [-0.15, -0.1) is 0 Å². The number of fused-ring (bicyclic) bond motifs is 5. The Hall–Kier alpha value is -5.28. The highest BCUT2D eigenvalue weighted by atomic mass is 16.3. The van der Waals surface area contributed by atoms with Crippen molar-refractivity contribution in [3.8, 4) is 11.1 Å². The standard InChI is InChI=1S/C39H32N2O/c1-2-3-20-35(40)33-19-12-21-36-37(33)38-32-18-11-10-13-28(32)26-34(39(38)42-36)27-22-24-31(25-23-27)41(29-14-6-4-7-15-29)30-16-8-5-9-17-30/h2-4,6-8,10-26H,5,9,40H2,1H3/b3-2-,35-20-. The van der Waals surface area contributed by atoms with E-state index in [0.29, 0.717) is 5.70 Å². The lowest BCUT2D eigenvalue weighted by Gasteiger charge is -2.27. The summed E-state index contributed by atoms with van der Waals surface area (Å²) in [6, 6.07) is 36.3. The summed E-state index contributed by atoms with van der Waals surface area (Å²) in [4.78, 5) is 2.32. The summed E-state index contributed by atoms with van der Waals surface area (Å²) in [6.45, 7) is 1.99. The van der Waals surface area contributed by atoms with Crippen molar-refractivity contribution in [3.05, 3.63) is 151 Å². The molecule has 0 saturated heterocycles. The molecule has 0 radical (unpaired) electrons. The van der Waals surface area contributed by atoms with Gasteiger partial charge in [-0.25, -0.2) is 0 Å². The molecule has 204 valence electrons. The van der Waals surface area contributed by atoms with E-state index >= 15 is 0 Å². The maximum absolute atomic E-state index is 6.65. The zero-order valence-corrected chi connectivity index (χ0v) is 23.6. The van der Waals surface area contributed by atoms with E-state index in [1.165, 1.54) is 11.1 Å². The van der Waals surface area contributed by atoms with Gasteiger partial charge in [0.25, 0.3) is 0 Å². The van der Waals surface area contributed by atoms with E-state index in [1.807, 2.05) is 37.3 Å². The topological polar surface area (TPSA) is 42.4 Å². The first-order valence-electron chi connectivity index (χ1n) is 14.5. The van der Waals surface area contributed by atoms with Crippen LogP contribution in [0.3, 0.4) is 0 Å². The second-order valence-electron chi connectivity index (χ2n) is 10.6. The summed E-state index contributed by atoms with van der Waals surface area (Å²) in [6.07, 6.45) is 14.8. The number of anilines is 2. The van der Waals surface area contributed by atoms with E-state index in [4.69, 9.17) is 10.2 Å². The van der Waals surface area contributed by atoms with Crippen molar-refractivity contribution in [2.24, 2.45) is 5.73 Å². The van der Waals surface area contributed by atoms with Gasteiger partial charge in [0.1, 0.15) is 11.2 Å². The van der Waals surface area contributed by atoms with Crippen LogP contribution in [0.25, 0.3) is 49.5 Å². The third-order valence-electron chi connectivity index (χ3n) is 7.95. The van der Waals surface area contributed by atoms with Crippen LogP contribution in [0, 0.1) is 0 Å². The van der Waals surface area contributed by atoms with Gasteiger partial charge in [-0.1, -0.05) is 91.0 Å². The van der Waals surface area contributed by atoms with Gasteiger partial charge in [0.15, 0.2) is 0 Å². The van der Waals surface area contributed by atoms with Gasteiger partial charge >= 0.3 is 0 Å². The number of rotatable bonds is 6. The number of para-hydroxylation sites is 1. The van der Waals surface area contributed by atoms with E-state index < -0.39 is 0 Å². The quantitative estimate of drug-likeness (QED) is 0.212. The fourth-order valence-corrected chi connectivity index (χ4v) is 5.99. The smallest absolute Gasteiger partial charge is 0.143 e. The Morgan fingerprint density at radius 3 is 2.38 bits per heavy atom. The molecule has 0 spiro atoms. The molecule has 2 N–H and O–H groups in total. The fraction of sp³-hybridized carbons (Fsp3) is 0.0769. The van der Waals surface area contributed by atoms with E-state index in [9.17, 15) is 0 Å². The molecule has 7 rings (SSSR count). The molecule has 0 aliphatic heterocycles. The number of nitrogens with zero attached hydrogens (tertiary/aromatic N) is 1. The van der Waals surface area contributed by atoms with Crippen molar-refractivity contribution in [2.75, 3.05) is 4.90 Å². The minimum atomic E-state index is 0.715. The van der Waals surface area contributed by atoms with Gasteiger partial charge in [0, 0.05) is 44.7 Å². The second-order valence-corrected chi connectivity index (χ2v) is 10.6. The largest absolute Gasteiger partial charge is 0.455 e. The number of hydrogen-bond acceptors (Lipinski definition) is 3. The number of allylic oxidation sites excluding steroid dienone is 6. The molecular formula is C39H32N2O. The summed E-state index contributed by atoms with van der Waals surface area (Å²) in [5, 5.41) is 4.47. The van der Waals surface area contributed by atoms with Gasteiger partial charge < -0.3 is 15.1 Å². The van der Waals surface area contributed by atoms with Crippen LogP contribution in [0.4, 0.5) is 11.4 Å². The molecule has 0 saturated carbocycles. The molecule has 0 amide bonds. The molecule has 1 aliphatic rings. The lowest BCUT2D eigenvalue weighted by atomic mass is 9.94. The molecular weight excluding hydrogens is 512 g/mol. The molecule has 3 heteroatoms. The van der Waals surface area contributed by atoms with Crippen molar-refractivity contribution >= 4 is 49.8 Å². The third kappa shape index (κ3) is 4.49. The van der Waals surface area contributed by atoms with E-state index in [0.717, 1.165) is 68.2 Å². The van der Waals surface area contributed by atoms with Gasteiger partial charge in [-0.05, 0) is 84.7 Å². The van der Waals surface area contributed by atoms with E-state index in [2.05, 4.69) is 114 Å². The molecule has 6 aromatic rings. The SMILES string of the molecule is C/C=C\C=C(/N)c1cccc2oc3c(-c4ccc(N(C5=CCCC=C5)c5ccccc5)cc4)cc4ccccc4c3c12. The van der Waals surface area contributed by atoms with Crippen LogP contribution in [0.1, 0.15) is 25.3 Å². The molecule has 5 aromatic carbocycles. The van der Waals surface area contributed by atoms with Gasteiger partial charge in [-0.2, -0.15) is 0 Å². The highest BCUT2D eigenvalue weighted by molar-refractivity contribution is 6.24. The summed E-state index contributed by atoms with van der Waals surface area (Å²) in [5.41, 5.74) is 15.6. The molecule has 0 bridgehead atoms. The van der Waals surface area contributed by atoms with Crippen LogP contribution in [0.15, 0.2) is 150 Å². The lowest BCUT2D eigenvalue weighted by Crippen LogP contribution is -2.16. The molecule has 0 unspecified atom stereocenters. The minimum absolute atomic E-state index is 0.715. The summed E-state index contributed by atoms with van der Waals surface area (Å²) in [5.74, 6) is 0. The van der Waals surface area contributed by atoms with Crippen molar-refractivity contribution in [3.63, 3.8) is 0 Å². The first-order valence-corrected chi connectivity index (χ1v) is 14.5. The van der Waals surface area contributed by atoms with Crippen molar-refractivity contribution in [1.82, 2.24) is 0 Å². The Kier molecular flexibility index (Phi) is 6.69. The van der Waals surface area contributed by atoms with Crippen LogP contribution < -0.4 is 10.6 Å². The van der Waals surface area contributed by atoms with Crippen LogP contribution in [-0.2, 0) is 0 Å². The number of furan rings is 1. The van der Waals surface area contributed by atoms with E-state index in [1.54, 1.807) is 0 Å². The highest BCUT2D eigenvalue weighted by Gasteiger charge is 2.20. The Balaban J connectivity index is 1.42. The van der Waals surface area contributed by atoms with Crippen molar-refractivity contribution < 1.29 is 4.42 Å². The molecule has 1 aromatic heterocycles. The first kappa shape index (κ1) is 25.7. The molecule has 3 nitrogen and oxygen atoms in total. The first-order chi connectivity index (χ1) is 20.7. The van der Waals surface area contributed by atoms with Crippen LogP contribution in [0.5, 0.6) is 0 Å². The van der Waals surface area contributed by atoms with Crippen LogP contribution in [0.2, 0.25) is 0 Å². The van der Waals surface area contributed by atoms with Crippen LogP contribution >= 0.6 is 0 Å². The Morgan fingerprint density at radius 1 is 0.810 bits per heavy atom. The average Bonchev–Trinajstić information content (AvgIpc) is 3.45. The normalized spacial score (nSPS) is 13.8. The van der Waals surface area contributed by atoms with E-state index in [-0.39, 0.29) is 0 Å². The molecule has 0 fully saturated rings. The average molecular weight is 545 g/mol. The Bertz CT molecular complexity index is 2040. The summed E-state index contributed by atoms with van der Waals surface area (Å²) in [7, 11) is 0. The highest BCUT2D eigenvalue weighted by Crippen LogP contribution is 2.43. The predicted molar refractivity (Wildman–Crippen MR) is 179 cm³/mol. The molecule has 0 atom stereocenters. The maximum atomic E-state index is 6.65. The van der Waals surface area contributed by atoms with Gasteiger partial charge in [0.05, 0.1) is 0 Å². The third-order valence-corrected chi connectivity index (χ3v) is 7.95. The monoisotopic (exact) mass is 544 g/mol. The Morgan fingerprint density at radius 2 is 1.60 bits per heavy atom. The van der Waals surface area contributed by atoms with Gasteiger partial charge in [-0.3, -0.25) is 0 Å². The zero-order chi connectivity index (χ0) is 28.5. The molecule has 42 heavy (non-hydrogen) atoms. The maximum Gasteiger partial charge on any atom is 0.143 e. The summed E-state index contributed by atoms with van der Waals surface area (Å²) < 4.78 is 6.65. The fourth-order valence-electron chi connectivity index (χ4n) is 5.99. The lowest BCUT2D eigenvalue weighted by molar-refractivity contribution is 0.670. The zero-order valence-electron chi connectivity index (χ0n) is 23.6. The summed E-state index contributed by atoms with van der Waals surface area (Å²) >= 11 is 0. The van der Waals surface area contributed by atoms with Crippen molar-refractivity contribution in [2.45, 2.75) is 19.8 Å². The number of hydrogen-bond donors (Lipinski definition) is 1. The molecule has 1 aliphatic carbocycles. The number of nitrogens with two attached hydrogens (primary N) is 1. The second kappa shape index (κ2) is 10.9. The Labute approximate surface area is 246 Å². The van der Waals surface area contributed by atoms with Crippen molar-refractivity contribution in [1.29, 1.82) is 0 Å². The predicted octanol–water partition coefficient (Wildman–Crippen LogP) is 10.7. The molecule has 1 heterocycles. The van der Waals surface area contributed by atoms with Crippen LogP contribution in [-0.4, -0.2) is 0 Å². The van der Waals surface area contributed by atoms with Gasteiger partial charge in [0.2, 0.25) is 0 Å². The minimum Gasteiger partial charge on any atom is -0.455 e.